The molecule has 0 bridgehead atoms. The first kappa shape index (κ1) is 28.3. The summed E-state index contributed by atoms with van der Waals surface area (Å²) in [6, 6.07) is 41.5. The first-order valence-corrected chi connectivity index (χ1v) is 12.4. The molecule has 0 aliphatic carbocycles. The Morgan fingerprint density at radius 2 is 1.08 bits per heavy atom. The van der Waals surface area contributed by atoms with Crippen molar-refractivity contribution in [2.75, 3.05) is 12.1 Å². The number of thiol groups is 1. The van der Waals surface area contributed by atoms with Gasteiger partial charge in [0, 0.05) is 7.05 Å². The van der Waals surface area contributed by atoms with Crippen LogP contribution in [-0.2, 0) is 10.3 Å². The van der Waals surface area contributed by atoms with Gasteiger partial charge in [0.25, 0.3) is 0 Å². The van der Waals surface area contributed by atoms with Gasteiger partial charge in [-0.15, -0.1) is 22.7 Å². The van der Waals surface area contributed by atoms with Crippen molar-refractivity contribution in [1.82, 2.24) is 20.4 Å². The van der Waals surface area contributed by atoms with Crippen LogP contribution in [0, 0.1) is 6.92 Å². The maximum atomic E-state index is 8.00. The second-order valence-corrected chi connectivity index (χ2v) is 8.25. The van der Waals surface area contributed by atoms with Crippen LogP contribution in [-0.4, -0.2) is 28.8 Å². The Hall–Kier alpha value is -4.24. The van der Waals surface area contributed by atoms with Gasteiger partial charge >= 0.3 is 0 Å². The lowest BCUT2D eigenvalue weighted by molar-refractivity contribution is -0.0979. The highest BCUT2D eigenvalue weighted by molar-refractivity contribution is 7.77. The molecule has 38 heavy (non-hydrogen) atoms. The number of aromatic nitrogens is 3. The molecule has 8 heteroatoms. The smallest absolute Gasteiger partial charge is 0.188 e. The number of para-hydroxylation sites is 1. The first-order chi connectivity index (χ1) is 18.7. The molecular weight excluding hydrogens is 492 g/mol. The number of aryl methyl sites for hydroxylation is 1. The summed E-state index contributed by atoms with van der Waals surface area (Å²) >= 11 is 3.03. The Morgan fingerprint density at radius 1 is 0.711 bits per heavy atom. The van der Waals surface area contributed by atoms with Crippen molar-refractivity contribution < 1.29 is 4.79 Å². The molecule has 0 aliphatic rings. The average molecular weight is 525 g/mol. The molecule has 194 valence electrons. The SMILES string of the molecule is C=O.Cc1nn(-c2ccccc2)nc1N(C)NC(c1ccccc1)(c1ccccc1)c1ccccc1.NS. The van der Waals surface area contributed by atoms with E-state index in [2.05, 4.69) is 101 Å². The van der Waals surface area contributed by atoms with Gasteiger partial charge in [-0.3, -0.25) is 10.1 Å². The third-order valence-corrected chi connectivity index (χ3v) is 6.02. The number of hydrazine groups is 1. The molecule has 7 nitrogen and oxygen atoms in total. The third-order valence-electron chi connectivity index (χ3n) is 6.02. The van der Waals surface area contributed by atoms with Crippen LogP contribution >= 0.6 is 12.8 Å². The summed E-state index contributed by atoms with van der Waals surface area (Å²) in [4.78, 5) is 9.68. The molecule has 0 atom stereocenters. The zero-order valence-electron chi connectivity index (χ0n) is 21.5. The molecular formula is C30H32N6OS. The van der Waals surface area contributed by atoms with Gasteiger partial charge in [0.1, 0.15) is 18.0 Å². The van der Waals surface area contributed by atoms with Crippen LogP contribution < -0.4 is 15.6 Å². The summed E-state index contributed by atoms with van der Waals surface area (Å²) in [5.41, 5.74) is 8.33. The Labute approximate surface area is 229 Å². The minimum Gasteiger partial charge on any atom is -0.307 e. The Bertz CT molecular complexity index is 1270. The number of carbonyl (C=O) groups is 1. The average Bonchev–Trinajstić information content (AvgIpc) is 3.41. The van der Waals surface area contributed by atoms with E-state index in [0.29, 0.717) is 0 Å². The number of nitrogens with zero attached hydrogens (tertiary/aromatic N) is 4. The fraction of sp³-hybridized carbons (Fsp3) is 0.100. The van der Waals surface area contributed by atoms with Crippen molar-refractivity contribution in [2.45, 2.75) is 12.5 Å². The highest BCUT2D eigenvalue weighted by atomic mass is 32.1. The van der Waals surface area contributed by atoms with Crippen molar-refractivity contribution in [1.29, 1.82) is 0 Å². The second-order valence-electron chi connectivity index (χ2n) is 8.25. The number of hydrogen-bond acceptors (Lipinski definition) is 7. The normalized spacial score (nSPS) is 10.4. The zero-order chi connectivity index (χ0) is 27.4. The lowest BCUT2D eigenvalue weighted by Crippen LogP contribution is -2.53. The number of anilines is 1. The molecule has 5 aromatic rings. The third kappa shape index (κ3) is 6.00. The van der Waals surface area contributed by atoms with E-state index in [-0.39, 0.29) is 0 Å². The number of benzene rings is 4. The van der Waals surface area contributed by atoms with E-state index in [1.165, 1.54) is 0 Å². The molecule has 0 saturated heterocycles. The molecule has 3 N–H and O–H groups in total. The lowest BCUT2D eigenvalue weighted by Gasteiger charge is -2.40. The summed E-state index contributed by atoms with van der Waals surface area (Å²) in [6.07, 6.45) is 0. The monoisotopic (exact) mass is 524 g/mol. The van der Waals surface area contributed by atoms with E-state index >= 15 is 0 Å². The maximum absolute atomic E-state index is 8.00. The Balaban J connectivity index is 0.000000956. The Morgan fingerprint density at radius 3 is 1.47 bits per heavy atom. The molecule has 0 radical (unpaired) electrons. The van der Waals surface area contributed by atoms with Gasteiger partial charge in [-0.05, 0) is 35.7 Å². The quantitative estimate of drug-likeness (QED) is 0.156. The van der Waals surface area contributed by atoms with Crippen LogP contribution in [0.3, 0.4) is 0 Å². The molecule has 0 amide bonds. The summed E-state index contributed by atoms with van der Waals surface area (Å²) in [5.74, 6) is 0.760. The maximum Gasteiger partial charge on any atom is 0.188 e. The van der Waals surface area contributed by atoms with Crippen molar-refractivity contribution >= 4 is 25.4 Å². The Kier molecular flexibility index (Phi) is 10.4. The van der Waals surface area contributed by atoms with Gasteiger partial charge in [0.2, 0.25) is 0 Å². The summed E-state index contributed by atoms with van der Waals surface area (Å²) in [7, 11) is 2.00. The molecule has 5 rings (SSSR count). The molecule has 0 fully saturated rings. The molecule has 0 saturated carbocycles. The van der Waals surface area contributed by atoms with Crippen LogP contribution in [0.1, 0.15) is 22.4 Å². The summed E-state index contributed by atoms with van der Waals surface area (Å²) in [5, 5.41) is 15.7. The van der Waals surface area contributed by atoms with Crippen LogP contribution in [0.4, 0.5) is 5.82 Å². The van der Waals surface area contributed by atoms with Crippen LogP contribution in [0.5, 0.6) is 0 Å². The van der Waals surface area contributed by atoms with Crippen molar-refractivity contribution in [3.63, 3.8) is 0 Å². The fourth-order valence-electron chi connectivity index (χ4n) is 4.42. The highest BCUT2D eigenvalue weighted by Crippen LogP contribution is 2.37. The van der Waals surface area contributed by atoms with E-state index < -0.39 is 5.54 Å². The van der Waals surface area contributed by atoms with E-state index in [4.69, 9.17) is 9.89 Å². The van der Waals surface area contributed by atoms with E-state index in [1.807, 2.05) is 74.3 Å². The highest BCUT2D eigenvalue weighted by Gasteiger charge is 2.38. The minimum absolute atomic E-state index is 0.637. The topological polar surface area (TPSA) is 89.1 Å². The van der Waals surface area contributed by atoms with Gasteiger partial charge in [0.15, 0.2) is 5.82 Å². The van der Waals surface area contributed by atoms with Crippen LogP contribution in [0.2, 0.25) is 0 Å². The molecule has 4 aromatic carbocycles. The first-order valence-electron chi connectivity index (χ1n) is 11.9. The number of hydrogen-bond donors (Lipinski definition) is 3. The largest absolute Gasteiger partial charge is 0.307 e. The molecule has 0 aliphatic heterocycles. The van der Waals surface area contributed by atoms with E-state index in [0.717, 1.165) is 33.9 Å². The van der Waals surface area contributed by atoms with Crippen LogP contribution in [0.25, 0.3) is 5.69 Å². The van der Waals surface area contributed by atoms with Gasteiger partial charge < -0.3 is 4.79 Å². The van der Waals surface area contributed by atoms with Crippen molar-refractivity contribution in [3.05, 3.63) is 144 Å². The lowest BCUT2D eigenvalue weighted by atomic mass is 9.77. The predicted molar refractivity (Wildman–Crippen MR) is 157 cm³/mol. The van der Waals surface area contributed by atoms with Crippen molar-refractivity contribution in [3.8, 4) is 5.69 Å². The van der Waals surface area contributed by atoms with Crippen LogP contribution in [0.15, 0.2) is 121 Å². The van der Waals surface area contributed by atoms with E-state index in [1.54, 1.807) is 4.80 Å². The van der Waals surface area contributed by atoms with Gasteiger partial charge in [-0.2, -0.15) is 5.10 Å². The van der Waals surface area contributed by atoms with E-state index in [9.17, 15) is 0 Å². The molecule has 1 aromatic heterocycles. The predicted octanol–water partition coefficient (Wildman–Crippen LogP) is 5.11. The van der Waals surface area contributed by atoms with Gasteiger partial charge in [-0.1, -0.05) is 109 Å². The second kappa shape index (κ2) is 13.9. The zero-order valence-corrected chi connectivity index (χ0v) is 22.4. The molecule has 1 heterocycles. The summed E-state index contributed by atoms with van der Waals surface area (Å²) in [6.45, 7) is 3.98. The summed E-state index contributed by atoms with van der Waals surface area (Å²) < 4.78 is 0. The van der Waals surface area contributed by atoms with Crippen molar-refractivity contribution in [2.24, 2.45) is 5.14 Å². The molecule has 0 unspecified atom stereocenters. The number of rotatable bonds is 7. The number of nitrogens with one attached hydrogen (secondary N) is 1. The van der Waals surface area contributed by atoms with Gasteiger partial charge in [0.05, 0.1) is 5.69 Å². The minimum atomic E-state index is -0.637. The fourth-order valence-corrected chi connectivity index (χ4v) is 4.42. The van der Waals surface area contributed by atoms with Gasteiger partial charge in [-0.25, -0.2) is 5.43 Å². The molecule has 0 spiro atoms. The number of carbonyl (C=O) groups excluding carboxylic acids is 1. The standard InChI is InChI=1S/C29H27N5.CH2O.H3NS/c1-23-28(31-34(30-23)27-21-13-6-14-22-27)33(2)32-29(24-15-7-3-8-16-24,25-17-9-4-10-18-25)26-19-11-5-12-20-26;2*1-2/h3-22,32H,1-2H3;1H2;2H,1H2. The number of nitrogens with two attached hydrogens (primary N) is 1.